The van der Waals surface area contributed by atoms with Crippen molar-refractivity contribution in [2.24, 2.45) is 5.73 Å². The number of carbonyl (C=O) groups excluding carboxylic acids is 2. The average molecular weight is 620 g/mol. The molecule has 1 aliphatic rings. The molecule has 0 heterocycles. The van der Waals surface area contributed by atoms with Crippen LogP contribution in [0.2, 0.25) is 0 Å². The van der Waals surface area contributed by atoms with E-state index in [9.17, 15) is 31.5 Å². The van der Waals surface area contributed by atoms with Gasteiger partial charge in [-0.25, -0.2) is 13.6 Å². The summed E-state index contributed by atoms with van der Waals surface area (Å²) in [7, 11) is 0. The lowest BCUT2D eigenvalue weighted by Crippen LogP contribution is -2.36. The lowest BCUT2D eigenvalue weighted by molar-refractivity contribution is -0.138. The minimum atomic E-state index is -4.75. The van der Waals surface area contributed by atoms with Gasteiger partial charge in [0.2, 0.25) is 0 Å². The summed E-state index contributed by atoms with van der Waals surface area (Å²) in [5.41, 5.74) is 3.89. The molecule has 1 saturated carbocycles. The van der Waals surface area contributed by atoms with Crippen molar-refractivity contribution in [3.8, 4) is 11.5 Å². The van der Waals surface area contributed by atoms with Crippen LogP contribution in [0.1, 0.15) is 84.6 Å². The minimum Gasteiger partial charge on any atom is -0.456 e. The van der Waals surface area contributed by atoms with Crippen molar-refractivity contribution in [3.63, 3.8) is 0 Å². The van der Waals surface area contributed by atoms with Crippen molar-refractivity contribution in [1.82, 2.24) is 5.32 Å². The van der Waals surface area contributed by atoms with Crippen LogP contribution in [-0.4, -0.2) is 24.1 Å². The minimum absolute atomic E-state index is 0.00530. The maximum absolute atomic E-state index is 15.0. The highest BCUT2D eigenvalue weighted by Gasteiger charge is 2.40. The fourth-order valence-corrected chi connectivity index (χ4v) is 4.69. The summed E-state index contributed by atoms with van der Waals surface area (Å²) in [6, 6.07) is 8.22. The lowest BCUT2D eigenvalue weighted by Gasteiger charge is -2.24. The van der Waals surface area contributed by atoms with Crippen molar-refractivity contribution in [1.29, 1.82) is 0 Å². The largest absolute Gasteiger partial charge is 0.456 e. The number of alkyl carbamates (subject to hydrolysis) is 1. The number of nitrogens with one attached hydrogen (secondary N) is 2. The van der Waals surface area contributed by atoms with Crippen LogP contribution in [0.25, 0.3) is 0 Å². The molecule has 7 nitrogen and oxygen atoms in total. The zero-order chi connectivity index (χ0) is 32.4. The summed E-state index contributed by atoms with van der Waals surface area (Å²) in [4.78, 5) is 26.0. The van der Waals surface area contributed by atoms with E-state index in [0.717, 1.165) is 18.2 Å². The third-order valence-electron chi connectivity index (χ3n) is 6.85. The summed E-state index contributed by atoms with van der Waals surface area (Å²) >= 11 is 0. The van der Waals surface area contributed by atoms with Crippen molar-refractivity contribution < 1.29 is 41.0 Å². The Morgan fingerprint density at radius 1 is 1.00 bits per heavy atom. The van der Waals surface area contributed by atoms with Gasteiger partial charge in [0.15, 0.2) is 0 Å². The summed E-state index contributed by atoms with van der Waals surface area (Å²) in [6.07, 6.45) is -4.31. The van der Waals surface area contributed by atoms with E-state index in [1.165, 1.54) is 30.3 Å². The second-order valence-corrected chi connectivity index (χ2v) is 11.7. The van der Waals surface area contributed by atoms with Gasteiger partial charge < -0.3 is 25.8 Å². The number of nitrogens with two attached hydrogens (primary N) is 1. The Balaban J connectivity index is 1.70. The van der Waals surface area contributed by atoms with Crippen LogP contribution in [0.15, 0.2) is 48.5 Å². The van der Waals surface area contributed by atoms with Crippen molar-refractivity contribution in [2.75, 3.05) is 11.9 Å². The van der Waals surface area contributed by atoms with Crippen molar-refractivity contribution >= 4 is 17.7 Å². The van der Waals surface area contributed by atoms with Crippen molar-refractivity contribution in [2.45, 2.75) is 70.7 Å². The predicted octanol–water partition coefficient (Wildman–Crippen LogP) is 8.13. The molecule has 1 atom stereocenters. The number of aryl methyl sites for hydroxylation is 1. The molecule has 4 rings (SSSR count). The highest BCUT2D eigenvalue weighted by molar-refractivity contribution is 6.06. The third kappa shape index (κ3) is 8.25. The maximum atomic E-state index is 15.0. The SMILES string of the molecule is Cc1cc(F)ccc1Oc1cc(C2CC2)c(C(F)(F)F)cc1C(=O)Nc1ccc(F)c(C(CCN)NC(=O)OC(C)(C)C)c1. The van der Waals surface area contributed by atoms with Gasteiger partial charge in [0.05, 0.1) is 17.2 Å². The van der Waals surface area contributed by atoms with E-state index >= 15 is 0 Å². The van der Waals surface area contributed by atoms with Crippen LogP contribution in [0.4, 0.5) is 32.4 Å². The zero-order valence-corrected chi connectivity index (χ0v) is 24.7. The molecule has 2 amide bonds. The van der Waals surface area contributed by atoms with Gasteiger partial charge in [-0.2, -0.15) is 13.2 Å². The number of hydrogen-bond donors (Lipinski definition) is 3. The van der Waals surface area contributed by atoms with E-state index in [1.807, 2.05) is 0 Å². The number of amides is 2. The highest BCUT2D eigenvalue weighted by atomic mass is 19.4. The first-order valence-electron chi connectivity index (χ1n) is 14.0. The van der Waals surface area contributed by atoms with Crippen LogP contribution in [0.5, 0.6) is 11.5 Å². The Morgan fingerprint density at radius 3 is 2.30 bits per heavy atom. The lowest BCUT2D eigenvalue weighted by atomic mass is 9.98. The molecule has 0 spiro atoms. The molecule has 0 aromatic heterocycles. The molecule has 12 heteroatoms. The Morgan fingerprint density at radius 2 is 1.70 bits per heavy atom. The molecule has 4 N–H and O–H groups in total. The molecule has 1 aliphatic carbocycles. The number of hydrogen-bond acceptors (Lipinski definition) is 5. The van der Waals surface area contributed by atoms with Gasteiger partial charge in [0, 0.05) is 11.3 Å². The van der Waals surface area contributed by atoms with E-state index in [4.69, 9.17) is 15.2 Å². The Bertz CT molecular complexity index is 1550. The van der Waals surface area contributed by atoms with Crippen LogP contribution >= 0.6 is 0 Å². The average Bonchev–Trinajstić information content (AvgIpc) is 3.75. The van der Waals surface area contributed by atoms with Crippen LogP contribution in [-0.2, 0) is 10.9 Å². The molecule has 3 aromatic rings. The number of carbonyl (C=O) groups is 2. The second-order valence-electron chi connectivity index (χ2n) is 11.7. The van der Waals surface area contributed by atoms with E-state index in [-0.39, 0.29) is 47.2 Å². The van der Waals surface area contributed by atoms with Crippen LogP contribution in [0, 0.1) is 18.6 Å². The maximum Gasteiger partial charge on any atom is 0.416 e. The third-order valence-corrected chi connectivity index (χ3v) is 6.85. The molecule has 1 unspecified atom stereocenters. The zero-order valence-electron chi connectivity index (χ0n) is 24.7. The second kappa shape index (κ2) is 12.8. The highest BCUT2D eigenvalue weighted by Crippen LogP contribution is 2.48. The summed E-state index contributed by atoms with van der Waals surface area (Å²) in [6.45, 7) is 6.63. The molecular weight excluding hydrogens is 585 g/mol. The molecule has 236 valence electrons. The number of anilines is 1. The van der Waals surface area contributed by atoms with E-state index < -0.39 is 52.6 Å². The van der Waals surface area contributed by atoms with Gasteiger partial charge in [-0.3, -0.25) is 4.79 Å². The number of halogens is 5. The smallest absolute Gasteiger partial charge is 0.416 e. The van der Waals surface area contributed by atoms with Gasteiger partial charge in [0.1, 0.15) is 28.7 Å². The fourth-order valence-electron chi connectivity index (χ4n) is 4.69. The topological polar surface area (TPSA) is 103 Å². The number of rotatable bonds is 9. The normalized spacial score (nSPS) is 14.1. The fraction of sp³-hybridized carbons (Fsp3) is 0.375. The molecule has 3 aromatic carbocycles. The number of ether oxygens (including phenoxy) is 2. The molecule has 0 saturated heterocycles. The van der Waals surface area contributed by atoms with Crippen molar-refractivity contribution in [3.05, 3.63) is 88.0 Å². The molecule has 0 aliphatic heterocycles. The molecule has 0 radical (unpaired) electrons. The number of alkyl halides is 3. The Hall–Kier alpha value is -4.19. The van der Waals surface area contributed by atoms with Gasteiger partial charge >= 0.3 is 12.3 Å². The Labute approximate surface area is 251 Å². The van der Waals surface area contributed by atoms with E-state index in [0.29, 0.717) is 18.4 Å². The molecule has 44 heavy (non-hydrogen) atoms. The van der Waals surface area contributed by atoms with Crippen LogP contribution < -0.4 is 21.1 Å². The Kier molecular flexibility index (Phi) is 9.53. The quantitative estimate of drug-likeness (QED) is 0.210. The van der Waals surface area contributed by atoms with Gasteiger partial charge in [0.25, 0.3) is 5.91 Å². The number of benzene rings is 3. The molecule has 0 bridgehead atoms. The van der Waals surface area contributed by atoms with E-state index in [2.05, 4.69) is 10.6 Å². The van der Waals surface area contributed by atoms with Gasteiger partial charge in [-0.05, 0) is 119 Å². The van der Waals surface area contributed by atoms with Crippen LogP contribution in [0.3, 0.4) is 0 Å². The summed E-state index contributed by atoms with van der Waals surface area (Å²) < 4.78 is 82.2. The first-order valence-corrected chi connectivity index (χ1v) is 14.0. The molecule has 1 fully saturated rings. The van der Waals surface area contributed by atoms with Gasteiger partial charge in [-0.1, -0.05) is 0 Å². The monoisotopic (exact) mass is 619 g/mol. The predicted molar refractivity (Wildman–Crippen MR) is 155 cm³/mol. The summed E-state index contributed by atoms with van der Waals surface area (Å²) in [5, 5.41) is 5.09. The standard InChI is InChI=1S/C32H34F5N3O4/c1-17-13-19(33)7-10-27(17)43-28-16-21(18-5-6-18)24(32(35,36)37)15-23(28)29(41)39-20-8-9-25(34)22(14-20)26(11-12-38)40-30(42)44-31(2,3)4/h7-10,13-16,18,26H,5-6,11-12,38H2,1-4H3,(H,39,41)(H,40,42). The van der Waals surface area contributed by atoms with E-state index in [1.54, 1.807) is 27.7 Å². The molecular formula is C32H34F5N3O4. The summed E-state index contributed by atoms with van der Waals surface area (Å²) in [5.74, 6) is -2.52. The van der Waals surface area contributed by atoms with Gasteiger partial charge in [-0.15, -0.1) is 0 Å². The first-order chi connectivity index (χ1) is 20.6. The first kappa shape index (κ1) is 32.7.